The van der Waals surface area contributed by atoms with E-state index in [0.717, 1.165) is 5.56 Å². The van der Waals surface area contributed by atoms with E-state index in [0.29, 0.717) is 30.0 Å². The third-order valence-corrected chi connectivity index (χ3v) is 3.59. The number of nitrogens with zero attached hydrogens (tertiary/aromatic N) is 4. The summed E-state index contributed by atoms with van der Waals surface area (Å²) in [7, 11) is 0. The molecule has 1 aromatic heterocycles. The number of hydrogen-bond donors (Lipinski definition) is 1. The first-order valence-electron chi connectivity index (χ1n) is 7.52. The van der Waals surface area contributed by atoms with Crippen molar-refractivity contribution in [3.63, 3.8) is 0 Å². The topological polar surface area (TPSA) is 72.7 Å². The van der Waals surface area contributed by atoms with Gasteiger partial charge in [-0.1, -0.05) is 24.3 Å². The molecule has 1 heterocycles. The molecule has 0 aliphatic rings. The van der Waals surface area contributed by atoms with E-state index in [1.54, 1.807) is 31.2 Å². The number of aryl methyl sites for hydroxylation is 1. The Kier molecular flexibility index (Phi) is 4.60. The van der Waals surface area contributed by atoms with Gasteiger partial charge >= 0.3 is 0 Å². The standard InChI is InChI=1S/C17H16FN5O/c1-12-20-21-22-23(12)16-8-3-2-7-15(16)17(24)19-10-9-13-5-4-6-14(18)11-13/h2-8,11H,9-10H2,1H3,(H,19,24). The van der Waals surface area contributed by atoms with Crippen LogP contribution in [0.2, 0.25) is 0 Å². The van der Waals surface area contributed by atoms with Crippen molar-refractivity contribution >= 4 is 5.91 Å². The highest BCUT2D eigenvalue weighted by atomic mass is 19.1. The molecule has 0 aliphatic carbocycles. The van der Waals surface area contributed by atoms with Gasteiger partial charge in [0.25, 0.3) is 5.91 Å². The zero-order valence-corrected chi connectivity index (χ0v) is 13.1. The zero-order valence-electron chi connectivity index (χ0n) is 13.1. The molecule has 0 fully saturated rings. The fourth-order valence-electron chi connectivity index (χ4n) is 2.41. The molecule has 0 spiro atoms. The summed E-state index contributed by atoms with van der Waals surface area (Å²) < 4.78 is 14.7. The molecule has 0 radical (unpaired) electrons. The molecule has 1 amide bonds. The maximum Gasteiger partial charge on any atom is 0.253 e. The number of tetrazole rings is 1. The normalized spacial score (nSPS) is 10.6. The highest BCUT2D eigenvalue weighted by Gasteiger charge is 2.14. The summed E-state index contributed by atoms with van der Waals surface area (Å²) in [5, 5.41) is 14.2. The SMILES string of the molecule is Cc1nnnn1-c1ccccc1C(=O)NCCc1cccc(F)c1. The van der Waals surface area contributed by atoms with Gasteiger partial charge in [0.1, 0.15) is 5.82 Å². The van der Waals surface area contributed by atoms with E-state index in [-0.39, 0.29) is 11.7 Å². The molecule has 0 aliphatic heterocycles. The highest BCUT2D eigenvalue weighted by molar-refractivity contribution is 5.97. The number of hydrogen-bond acceptors (Lipinski definition) is 4. The Morgan fingerprint density at radius 3 is 2.79 bits per heavy atom. The molecule has 6 nitrogen and oxygen atoms in total. The van der Waals surface area contributed by atoms with Crippen LogP contribution < -0.4 is 5.32 Å². The Bertz CT molecular complexity index is 861. The van der Waals surface area contributed by atoms with Gasteiger partial charge in [-0.3, -0.25) is 4.79 Å². The van der Waals surface area contributed by atoms with E-state index in [2.05, 4.69) is 20.8 Å². The van der Waals surface area contributed by atoms with E-state index in [4.69, 9.17) is 0 Å². The number of rotatable bonds is 5. The van der Waals surface area contributed by atoms with E-state index >= 15 is 0 Å². The Balaban J connectivity index is 1.71. The molecule has 0 bridgehead atoms. The summed E-state index contributed by atoms with van der Waals surface area (Å²) in [6.07, 6.45) is 0.551. The number of para-hydroxylation sites is 1. The predicted molar refractivity (Wildman–Crippen MR) is 86.3 cm³/mol. The molecule has 0 saturated heterocycles. The first kappa shape index (κ1) is 15.8. The van der Waals surface area contributed by atoms with Crippen LogP contribution in [0.5, 0.6) is 0 Å². The van der Waals surface area contributed by atoms with Crippen molar-refractivity contribution in [2.75, 3.05) is 6.54 Å². The smallest absolute Gasteiger partial charge is 0.253 e. The average Bonchev–Trinajstić information content (AvgIpc) is 3.01. The van der Waals surface area contributed by atoms with E-state index in [1.165, 1.54) is 16.8 Å². The van der Waals surface area contributed by atoms with Crippen molar-refractivity contribution in [3.05, 3.63) is 71.3 Å². The van der Waals surface area contributed by atoms with Gasteiger partial charge in [0.15, 0.2) is 5.82 Å². The summed E-state index contributed by atoms with van der Waals surface area (Å²) >= 11 is 0. The lowest BCUT2D eigenvalue weighted by atomic mass is 10.1. The van der Waals surface area contributed by atoms with Gasteiger partial charge in [0.05, 0.1) is 11.3 Å². The minimum Gasteiger partial charge on any atom is -0.352 e. The molecule has 122 valence electrons. The molecule has 0 unspecified atom stereocenters. The maximum atomic E-state index is 13.2. The fourth-order valence-corrected chi connectivity index (χ4v) is 2.41. The van der Waals surface area contributed by atoms with Crippen LogP contribution in [0.15, 0.2) is 48.5 Å². The number of halogens is 1. The van der Waals surface area contributed by atoms with Crippen LogP contribution in [0, 0.1) is 12.7 Å². The Labute approximate surface area is 138 Å². The number of carbonyl (C=O) groups is 1. The number of nitrogens with one attached hydrogen (secondary N) is 1. The third-order valence-electron chi connectivity index (χ3n) is 3.59. The summed E-state index contributed by atoms with van der Waals surface area (Å²) in [5.41, 5.74) is 1.93. The Morgan fingerprint density at radius 2 is 2.04 bits per heavy atom. The summed E-state index contributed by atoms with van der Waals surface area (Å²) in [6, 6.07) is 13.4. The van der Waals surface area contributed by atoms with Gasteiger partial charge in [-0.2, -0.15) is 4.68 Å². The first-order chi connectivity index (χ1) is 11.6. The van der Waals surface area contributed by atoms with Crippen molar-refractivity contribution in [2.45, 2.75) is 13.3 Å². The fraction of sp³-hybridized carbons (Fsp3) is 0.176. The molecular formula is C17H16FN5O. The van der Waals surface area contributed by atoms with E-state index in [1.807, 2.05) is 12.1 Å². The van der Waals surface area contributed by atoms with Gasteiger partial charge in [0.2, 0.25) is 0 Å². The molecule has 3 aromatic rings. The quantitative estimate of drug-likeness (QED) is 0.779. The molecule has 1 N–H and O–H groups in total. The van der Waals surface area contributed by atoms with Crippen LogP contribution in [0.1, 0.15) is 21.7 Å². The average molecular weight is 325 g/mol. The van der Waals surface area contributed by atoms with Crippen molar-refractivity contribution in [1.29, 1.82) is 0 Å². The lowest BCUT2D eigenvalue weighted by Gasteiger charge is -2.10. The second kappa shape index (κ2) is 6.99. The molecule has 0 atom stereocenters. The van der Waals surface area contributed by atoms with Gasteiger partial charge in [-0.15, -0.1) is 5.10 Å². The second-order valence-corrected chi connectivity index (χ2v) is 5.29. The Morgan fingerprint density at radius 1 is 1.21 bits per heavy atom. The highest BCUT2D eigenvalue weighted by Crippen LogP contribution is 2.14. The lowest BCUT2D eigenvalue weighted by Crippen LogP contribution is -2.27. The minimum absolute atomic E-state index is 0.225. The van der Waals surface area contributed by atoms with Crippen LogP contribution in [-0.4, -0.2) is 32.7 Å². The zero-order chi connectivity index (χ0) is 16.9. The van der Waals surface area contributed by atoms with Crippen LogP contribution in [0.25, 0.3) is 5.69 Å². The van der Waals surface area contributed by atoms with Gasteiger partial charge < -0.3 is 5.32 Å². The molecule has 2 aromatic carbocycles. The van der Waals surface area contributed by atoms with Crippen molar-refractivity contribution in [3.8, 4) is 5.69 Å². The summed E-state index contributed by atoms with van der Waals surface area (Å²) in [4.78, 5) is 12.5. The lowest BCUT2D eigenvalue weighted by molar-refractivity contribution is 0.0954. The van der Waals surface area contributed by atoms with Crippen LogP contribution in [-0.2, 0) is 6.42 Å². The first-order valence-corrected chi connectivity index (χ1v) is 7.52. The predicted octanol–water partition coefficient (Wildman–Crippen LogP) is 2.08. The summed E-state index contributed by atoms with van der Waals surface area (Å²) in [6.45, 7) is 2.17. The van der Waals surface area contributed by atoms with E-state index < -0.39 is 0 Å². The monoisotopic (exact) mass is 325 g/mol. The van der Waals surface area contributed by atoms with Gasteiger partial charge in [-0.05, 0) is 53.6 Å². The van der Waals surface area contributed by atoms with Crippen molar-refractivity contribution < 1.29 is 9.18 Å². The number of amides is 1. The number of aromatic nitrogens is 4. The van der Waals surface area contributed by atoms with Crippen LogP contribution in [0.3, 0.4) is 0 Å². The molecule has 24 heavy (non-hydrogen) atoms. The third kappa shape index (κ3) is 3.45. The number of carbonyl (C=O) groups excluding carboxylic acids is 1. The molecular weight excluding hydrogens is 309 g/mol. The van der Waals surface area contributed by atoms with Gasteiger partial charge in [0, 0.05) is 6.54 Å². The van der Waals surface area contributed by atoms with Crippen LogP contribution in [0.4, 0.5) is 4.39 Å². The molecule has 3 rings (SSSR count). The van der Waals surface area contributed by atoms with Gasteiger partial charge in [-0.25, -0.2) is 4.39 Å². The van der Waals surface area contributed by atoms with E-state index in [9.17, 15) is 9.18 Å². The van der Waals surface area contributed by atoms with Crippen LogP contribution >= 0.6 is 0 Å². The van der Waals surface area contributed by atoms with Crippen molar-refractivity contribution in [1.82, 2.24) is 25.5 Å². The summed E-state index contributed by atoms with van der Waals surface area (Å²) in [5.74, 6) is 0.0882. The maximum absolute atomic E-state index is 13.2. The Hall–Kier alpha value is -3.09. The largest absolute Gasteiger partial charge is 0.352 e. The molecule has 0 saturated carbocycles. The van der Waals surface area contributed by atoms with Crippen molar-refractivity contribution in [2.24, 2.45) is 0 Å². The number of benzene rings is 2. The minimum atomic E-state index is -0.279. The second-order valence-electron chi connectivity index (χ2n) is 5.29. The molecule has 7 heteroatoms.